The molecule has 0 fully saturated rings. The molecule has 0 aliphatic rings. The van der Waals surface area contributed by atoms with Crippen molar-refractivity contribution < 1.29 is 0 Å². The zero-order chi connectivity index (χ0) is 13.7. The van der Waals surface area contributed by atoms with Crippen LogP contribution in [0.3, 0.4) is 0 Å². The third-order valence-corrected chi connectivity index (χ3v) is 2.67. The van der Waals surface area contributed by atoms with E-state index in [0.717, 1.165) is 5.56 Å². The van der Waals surface area contributed by atoms with Gasteiger partial charge in [0.2, 0.25) is 0 Å². The number of hydrogen-bond acceptors (Lipinski definition) is 5. The molecule has 1 aromatic heterocycles. The van der Waals surface area contributed by atoms with E-state index in [0.29, 0.717) is 11.4 Å². The quantitative estimate of drug-likeness (QED) is 0.902. The molecule has 5 nitrogen and oxygen atoms in total. The fourth-order valence-electron chi connectivity index (χ4n) is 1.61. The highest BCUT2D eigenvalue weighted by Gasteiger charge is 2.06. The van der Waals surface area contributed by atoms with E-state index in [1.807, 2.05) is 25.1 Å². The topological polar surface area (TPSA) is 85.4 Å². The molecule has 0 amide bonds. The minimum Gasteiger partial charge on any atom is -0.362 e. The normalized spacial score (nSPS) is 11.1. The Hall–Kier alpha value is -2.92. The van der Waals surface area contributed by atoms with Crippen LogP contribution in [0.2, 0.25) is 0 Å². The molecule has 0 saturated heterocycles. The van der Waals surface area contributed by atoms with Crippen molar-refractivity contribution in [1.29, 1.82) is 10.5 Å². The molecule has 1 atom stereocenters. The van der Waals surface area contributed by atoms with Gasteiger partial charge in [-0.1, -0.05) is 12.1 Å². The van der Waals surface area contributed by atoms with Gasteiger partial charge in [-0.15, -0.1) is 0 Å². The second-order valence-corrected chi connectivity index (χ2v) is 4.00. The monoisotopic (exact) mass is 249 g/mol. The van der Waals surface area contributed by atoms with Crippen LogP contribution in [0, 0.1) is 22.7 Å². The zero-order valence-corrected chi connectivity index (χ0v) is 10.3. The zero-order valence-electron chi connectivity index (χ0n) is 10.3. The van der Waals surface area contributed by atoms with Crippen LogP contribution in [0.15, 0.2) is 36.7 Å². The lowest BCUT2D eigenvalue weighted by molar-refractivity contribution is 0.870. The first-order valence-corrected chi connectivity index (χ1v) is 5.71. The van der Waals surface area contributed by atoms with Crippen molar-refractivity contribution in [2.24, 2.45) is 0 Å². The van der Waals surface area contributed by atoms with Crippen LogP contribution in [-0.2, 0) is 0 Å². The third kappa shape index (κ3) is 3.05. The van der Waals surface area contributed by atoms with Crippen molar-refractivity contribution in [2.75, 3.05) is 5.32 Å². The maximum Gasteiger partial charge on any atom is 0.158 e. The number of rotatable bonds is 3. The molecule has 1 unspecified atom stereocenters. The maximum atomic E-state index is 8.74. The number of aromatic nitrogens is 2. The third-order valence-electron chi connectivity index (χ3n) is 2.67. The van der Waals surface area contributed by atoms with Gasteiger partial charge in [0.05, 0.1) is 24.0 Å². The van der Waals surface area contributed by atoms with Crippen molar-refractivity contribution in [2.45, 2.75) is 13.0 Å². The molecule has 2 aromatic rings. The van der Waals surface area contributed by atoms with Crippen molar-refractivity contribution in [3.8, 4) is 12.1 Å². The molecule has 1 aromatic carbocycles. The minimum atomic E-state index is 0.0370. The summed E-state index contributed by atoms with van der Waals surface area (Å²) in [5, 5.41) is 20.6. The highest BCUT2D eigenvalue weighted by molar-refractivity contribution is 5.39. The van der Waals surface area contributed by atoms with Crippen molar-refractivity contribution in [3.63, 3.8) is 0 Å². The molecule has 5 heteroatoms. The summed E-state index contributed by atoms with van der Waals surface area (Å²) in [6, 6.07) is 11.4. The molecule has 0 aliphatic heterocycles. The fraction of sp³-hybridized carbons (Fsp3) is 0.143. The largest absolute Gasteiger partial charge is 0.362 e. The molecular weight excluding hydrogens is 238 g/mol. The Morgan fingerprint density at radius 1 is 1.05 bits per heavy atom. The van der Waals surface area contributed by atoms with Gasteiger partial charge in [0, 0.05) is 6.04 Å². The van der Waals surface area contributed by atoms with Gasteiger partial charge in [0.25, 0.3) is 0 Å². The highest BCUT2D eigenvalue weighted by atomic mass is 15.0. The summed E-state index contributed by atoms with van der Waals surface area (Å²) in [7, 11) is 0. The van der Waals surface area contributed by atoms with Crippen LogP contribution in [0.5, 0.6) is 0 Å². The van der Waals surface area contributed by atoms with Crippen LogP contribution in [0.25, 0.3) is 0 Å². The SMILES string of the molecule is CC(Nc1cnc(C#N)cn1)c1ccc(C#N)cc1. The summed E-state index contributed by atoms with van der Waals surface area (Å²) in [4.78, 5) is 8.04. The van der Waals surface area contributed by atoms with E-state index < -0.39 is 0 Å². The number of benzene rings is 1. The van der Waals surface area contributed by atoms with Gasteiger partial charge in [-0.25, -0.2) is 9.97 Å². The van der Waals surface area contributed by atoms with Gasteiger partial charge < -0.3 is 5.32 Å². The second kappa shape index (κ2) is 5.61. The molecule has 0 bridgehead atoms. The molecular formula is C14H11N5. The van der Waals surface area contributed by atoms with Gasteiger partial charge in [-0.2, -0.15) is 10.5 Å². The summed E-state index contributed by atoms with van der Waals surface area (Å²) < 4.78 is 0. The second-order valence-electron chi connectivity index (χ2n) is 4.00. The Morgan fingerprint density at radius 3 is 2.32 bits per heavy atom. The van der Waals surface area contributed by atoms with Gasteiger partial charge in [0.15, 0.2) is 5.69 Å². The summed E-state index contributed by atoms with van der Waals surface area (Å²) in [6.07, 6.45) is 2.95. The Labute approximate surface area is 111 Å². The average Bonchev–Trinajstić information content (AvgIpc) is 2.48. The molecule has 1 N–H and O–H groups in total. The van der Waals surface area contributed by atoms with Crippen molar-refractivity contribution >= 4 is 5.82 Å². The molecule has 19 heavy (non-hydrogen) atoms. The lowest BCUT2D eigenvalue weighted by atomic mass is 10.1. The van der Waals surface area contributed by atoms with E-state index in [1.54, 1.807) is 12.1 Å². The smallest absolute Gasteiger partial charge is 0.158 e. The Morgan fingerprint density at radius 2 is 1.79 bits per heavy atom. The van der Waals surface area contributed by atoms with Gasteiger partial charge in [0.1, 0.15) is 11.9 Å². The Bertz CT molecular complexity index is 632. The Kier molecular flexibility index (Phi) is 3.70. The minimum absolute atomic E-state index is 0.0370. The summed E-state index contributed by atoms with van der Waals surface area (Å²) in [5.74, 6) is 0.607. The average molecular weight is 249 g/mol. The summed E-state index contributed by atoms with van der Waals surface area (Å²) in [6.45, 7) is 1.99. The van der Waals surface area contributed by atoms with Crippen molar-refractivity contribution in [1.82, 2.24) is 9.97 Å². The molecule has 0 saturated carbocycles. The van der Waals surface area contributed by atoms with Crippen LogP contribution < -0.4 is 5.32 Å². The highest BCUT2D eigenvalue weighted by Crippen LogP contribution is 2.17. The van der Waals surface area contributed by atoms with Gasteiger partial charge >= 0.3 is 0 Å². The first kappa shape index (κ1) is 12.5. The number of nitrogens with one attached hydrogen (secondary N) is 1. The lowest BCUT2D eigenvalue weighted by Gasteiger charge is -2.14. The van der Waals surface area contributed by atoms with Crippen LogP contribution >= 0.6 is 0 Å². The molecule has 2 rings (SSSR count). The van der Waals surface area contributed by atoms with Gasteiger partial charge in [-0.05, 0) is 24.6 Å². The lowest BCUT2D eigenvalue weighted by Crippen LogP contribution is -2.08. The number of nitrogens with zero attached hydrogens (tertiary/aromatic N) is 4. The van der Waals surface area contributed by atoms with E-state index in [9.17, 15) is 0 Å². The van der Waals surface area contributed by atoms with Crippen LogP contribution in [0.1, 0.15) is 29.8 Å². The number of anilines is 1. The predicted molar refractivity (Wildman–Crippen MR) is 69.9 cm³/mol. The summed E-state index contributed by atoms with van der Waals surface area (Å²) in [5.41, 5.74) is 1.97. The number of hydrogen-bond donors (Lipinski definition) is 1. The van der Waals surface area contributed by atoms with E-state index in [1.165, 1.54) is 12.4 Å². The van der Waals surface area contributed by atoms with Crippen molar-refractivity contribution in [3.05, 3.63) is 53.5 Å². The molecule has 0 spiro atoms. The molecule has 0 radical (unpaired) electrons. The predicted octanol–water partition coefficient (Wildman–Crippen LogP) is 2.39. The van der Waals surface area contributed by atoms with Crippen LogP contribution in [0.4, 0.5) is 5.82 Å². The first-order chi connectivity index (χ1) is 9.22. The van der Waals surface area contributed by atoms with E-state index in [4.69, 9.17) is 10.5 Å². The first-order valence-electron chi connectivity index (χ1n) is 5.71. The molecule has 1 heterocycles. The van der Waals surface area contributed by atoms with Crippen LogP contribution in [-0.4, -0.2) is 9.97 Å². The standard InChI is InChI=1S/C14H11N5/c1-10(12-4-2-11(6-15)3-5-12)19-14-9-17-13(7-16)8-18-14/h2-5,8-10H,1H3,(H,18,19). The fourth-order valence-corrected chi connectivity index (χ4v) is 1.61. The Balaban J connectivity index is 2.09. The molecule has 0 aliphatic carbocycles. The van der Waals surface area contributed by atoms with E-state index in [2.05, 4.69) is 21.4 Å². The summed E-state index contributed by atoms with van der Waals surface area (Å²) >= 11 is 0. The van der Waals surface area contributed by atoms with E-state index in [-0.39, 0.29) is 11.7 Å². The number of nitriles is 2. The van der Waals surface area contributed by atoms with Gasteiger partial charge in [-0.3, -0.25) is 0 Å². The maximum absolute atomic E-state index is 8.74. The molecule has 92 valence electrons. The van der Waals surface area contributed by atoms with E-state index >= 15 is 0 Å².